The van der Waals surface area contributed by atoms with E-state index in [9.17, 15) is 13.2 Å². The molecule has 2 fully saturated rings. The first-order valence-electron chi connectivity index (χ1n) is 11.5. The third kappa shape index (κ3) is 3.30. The summed E-state index contributed by atoms with van der Waals surface area (Å²) < 4.78 is 35.9. The number of ether oxygens (including phenoxy) is 1. The Balaban J connectivity index is 1.59. The molecule has 1 aliphatic carbocycles. The summed E-state index contributed by atoms with van der Waals surface area (Å²) in [5.74, 6) is 0.632. The number of pyridine rings is 1. The first-order chi connectivity index (χ1) is 16.0. The lowest BCUT2D eigenvalue weighted by Gasteiger charge is -2.48. The largest absolute Gasteiger partial charge is 0.382 e. The molecule has 0 aromatic carbocycles. The molecular formula is C22H31N7O4S. The van der Waals surface area contributed by atoms with Crippen LogP contribution in [0.1, 0.15) is 45.3 Å². The molecule has 0 amide bonds. The topological polar surface area (TPSA) is 141 Å². The summed E-state index contributed by atoms with van der Waals surface area (Å²) in [6.07, 6.45) is 4.02. The first-order valence-corrected chi connectivity index (χ1v) is 13.0. The predicted molar refractivity (Wildman–Crippen MR) is 129 cm³/mol. The van der Waals surface area contributed by atoms with Gasteiger partial charge in [-0.1, -0.05) is 0 Å². The molecule has 3 aromatic heterocycles. The van der Waals surface area contributed by atoms with Crippen LogP contribution in [0, 0.1) is 5.92 Å². The van der Waals surface area contributed by atoms with Gasteiger partial charge in [-0.15, -0.1) is 0 Å². The van der Waals surface area contributed by atoms with Gasteiger partial charge in [0, 0.05) is 45.0 Å². The number of anilines is 1. The van der Waals surface area contributed by atoms with E-state index in [1.54, 1.807) is 37.3 Å². The van der Waals surface area contributed by atoms with Gasteiger partial charge in [0.05, 0.1) is 22.2 Å². The van der Waals surface area contributed by atoms with Gasteiger partial charge in [-0.3, -0.25) is 14.6 Å². The molecule has 1 saturated carbocycles. The summed E-state index contributed by atoms with van der Waals surface area (Å²) in [6.45, 7) is 5.82. The number of aromatic amines is 1. The van der Waals surface area contributed by atoms with Crippen LogP contribution in [0.15, 0.2) is 17.1 Å². The Labute approximate surface area is 197 Å². The van der Waals surface area contributed by atoms with Crippen LogP contribution in [0.2, 0.25) is 0 Å². The second-order valence-corrected chi connectivity index (χ2v) is 12.3. The van der Waals surface area contributed by atoms with Crippen LogP contribution < -0.4 is 11.3 Å². The molecule has 12 heteroatoms. The summed E-state index contributed by atoms with van der Waals surface area (Å²) in [5, 5.41) is 11.6. The minimum Gasteiger partial charge on any atom is -0.382 e. The number of nitrogens with two attached hydrogens (primary N) is 1. The highest BCUT2D eigenvalue weighted by atomic mass is 32.2. The highest BCUT2D eigenvalue weighted by Gasteiger charge is 2.52. The standard InChI is InChI=1S/C22H31N7O4S/c1-12(2)34(31,32)28-10-22(11-28,33-5)17-8-16(26-27(17)4)15-9-29(13(3)14-6-7-14)21(30)18-19(15)24-25-20(18)23/h8-9,12-14H,6-7,10-11H2,1-5H3,(H3,23,24,25). The third-order valence-corrected chi connectivity index (χ3v) is 9.53. The fourth-order valence-electron chi connectivity index (χ4n) is 4.88. The number of methoxy groups -OCH3 is 1. The van der Waals surface area contributed by atoms with Crippen LogP contribution >= 0.6 is 0 Å². The van der Waals surface area contributed by atoms with Gasteiger partial charge in [-0.25, -0.2) is 8.42 Å². The summed E-state index contributed by atoms with van der Waals surface area (Å²) >= 11 is 0. The van der Waals surface area contributed by atoms with Crippen molar-refractivity contribution in [3.63, 3.8) is 0 Å². The van der Waals surface area contributed by atoms with Crippen molar-refractivity contribution < 1.29 is 13.2 Å². The lowest BCUT2D eigenvalue weighted by atomic mass is 9.92. The van der Waals surface area contributed by atoms with E-state index in [-0.39, 0.29) is 30.5 Å². The average molecular weight is 490 g/mol. The van der Waals surface area contributed by atoms with E-state index in [0.29, 0.717) is 28.1 Å². The minimum atomic E-state index is -3.38. The number of H-pyrrole nitrogens is 1. The Hall–Kier alpha value is -2.70. The van der Waals surface area contributed by atoms with Gasteiger partial charge < -0.3 is 15.0 Å². The maximum absolute atomic E-state index is 13.2. The molecule has 1 saturated heterocycles. The monoisotopic (exact) mass is 489 g/mol. The van der Waals surface area contributed by atoms with Gasteiger partial charge in [0.2, 0.25) is 10.0 Å². The molecule has 11 nitrogen and oxygen atoms in total. The van der Waals surface area contributed by atoms with Gasteiger partial charge in [-0.05, 0) is 45.6 Å². The quantitative estimate of drug-likeness (QED) is 0.513. The highest BCUT2D eigenvalue weighted by molar-refractivity contribution is 7.89. The lowest BCUT2D eigenvalue weighted by molar-refractivity contribution is -0.103. The van der Waals surface area contributed by atoms with Crippen molar-refractivity contribution in [1.82, 2.24) is 28.9 Å². The van der Waals surface area contributed by atoms with E-state index in [0.717, 1.165) is 18.5 Å². The second kappa shape index (κ2) is 7.65. The van der Waals surface area contributed by atoms with E-state index in [1.807, 2.05) is 19.2 Å². The fourth-order valence-corrected chi connectivity index (χ4v) is 6.26. The molecule has 5 rings (SSSR count). The maximum atomic E-state index is 13.2. The number of nitrogens with zero attached hydrogens (tertiary/aromatic N) is 5. The molecule has 0 spiro atoms. The number of nitrogen functional groups attached to an aromatic ring is 1. The number of fused-ring (bicyclic) bond motifs is 1. The van der Waals surface area contributed by atoms with E-state index in [2.05, 4.69) is 10.2 Å². The molecule has 1 atom stereocenters. The molecule has 184 valence electrons. The number of sulfonamides is 1. The summed E-state index contributed by atoms with van der Waals surface area (Å²) in [6, 6.07) is 1.94. The molecule has 0 radical (unpaired) electrons. The average Bonchev–Trinajstić information content (AvgIpc) is 3.43. The van der Waals surface area contributed by atoms with Crippen molar-refractivity contribution >= 4 is 26.7 Å². The van der Waals surface area contributed by atoms with Crippen molar-refractivity contribution in [1.29, 1.82) is 0 Å². The summed E-state index contributed by atoms with van der Waals surface area (Å²) in [7, 11) is 0.00947. The highest BCUT2D eigenvalue weighted by Crippen LogP contribution is 2.41. The van der Waals surface area contributed by atoms with E-state index in [1.165, 1.54) is 4.31 Å². The van der Waals surface area contributed by atoms with Crippen LogP contribution in [-0.2, 0) is 27.4 Å². The molecular weight excluding hydrogens is 458 g/mol. The normalized spacial score (nSPS) is 19.6. The number of hydrogen-bond donors (Lipinski definition) is 2. The first kappa shape index (κ1) is 23.1. The Morgan fingerprint density at radius 1 is 1.26 bits per heavy atom. The third-order valence-electron chi connectivity index (χ3n) is 7.36. The van der Waals surface area contributed by atoms with Gasteiger partial charge >= 0.3 is 0 Å². The van der Waals surface area contributed by atoms with Gasteiger partial charge in [0.15, 0.2) is 5.82 Å². The molecule has 4 heterocycles. The zero-order chi connectivity index (χ0) is 24.6. The van der Waals surface area contributed by atoms with Crippen LogP contribution in [0.3, 0.4) is 0 Å². The van der Waals surface area contributed by atoms with Crippen molar-refractivity contribution in [2.45, 2.75) is 50.5 Å². The number of nitrogens with one attached hydrogen (secondary N) is 1. The number of hydrogen-bond acceptors (Lipinski definition) is 7. The smallest absolute Gasteiger partial charge is 0.264 e. The minimum absolute atomic E-state index is 0.0416. The summed E-state index contributed by atoms with van der Waals surface area (Å²) in [5.41, 5.74) is 7.73. The van der Waals surface area contributed by atoms with Gasteiger partial charge in [0.1, 0.15) is 11.0 Å². The molecule has 3 N–H and O–H groups in total. The van der Waals surface area contributed by atoms with Crippen LogP contribution in [0.5, 0.6) is 0 Å². The van der Waals surface area contributed by atoms with E-state index >= 15 is 0 Å². The van der Waals surface area contributed by atoms with Gasteiger partial charge in [-0.2, -0.15) is 14.5 Å². The Bertz CT molecular complexity index is 1430. The van der Waals surface area contributed by atoms with Gasteiger partial charge in [0.25, 0.3) is 5.56 Å². The predicted octanol–water partition coefficient (Wildman–Crippen LogP) is 1.57. The molecule has 34 heavy (non-hydrogen) atoms. The van der Waals surface area contributed by atoms with Crippen LogP contribution in [-0.4, -0.2) is 62.7 Å². The Morgan fingerprint density at radius 3 is 2.53 bits per heavy atom. The summed E-state index contributed by atoms with van der Waals surface area (Å²) in [4.78, 5) is 13.2. The van der Waals surface area contributed by atoms with Crippen LogP contribution in [0.25, 0.3) is 22.2 Å². The fraction of sp³-hybridized carbons (Fsp3) is 0.591. The number of rotatable bonds is 7. The molecule has 2 aliphatic rings. The van der Waals surface area contributed by atoms with E-state index in [4.69, 9.17) is 15.6 Å². The van der Waals surface area contributed by atoms with Crippen molar-refractivity contribution in [2.75, 3.05) is 25.9 Å². The zero-order valence-electron chi connectivity index (χ0n) is 20.1. The van der Waals surface area contributed by atoms with E-state index < -0.39 is 20.9 Å². The molecule has 3 aromatic rings. The lowest BCUT2D eigenvalue weighted by Crippen LogP contribution is -2.63. The molecule has 1 unspecified atom stereocenters. The van der Waals surface area contributed by atoms with Crippen molar-refractivity contribution in [3.05, 3.63) is 28.3 Å². The Morgan fingerprint density at radius 2 is 1.94 bits per heavy atom. The second-order valence-electron chi connectivity index (χ2n) is 9.79. The Kier molecular flexibility index (Phi) is 5.19. The maximum Gasteiger partial charge on any atom is 0.264 e. The molecule has 1 aliphatic heterocycles. The van der Waals surface area contributed by atoms with Crippen molar-refractivity contribution in [2.24, 2.45) is 13.0 Å². The SMILES string of the molecule is COC1(c2cc(-c3cn(C(C)C4CC4)c(=O)c4c(N)n[nH]c34)nn2C)CN(S(=O)(=O)C(C)C)C1. The molecule has 0 bridgehead atoms. The zero-order valence-corrected chi connectivity index (χ0v) is 20.9. The van der Waals surface area contributed by atoms with Crippen LogP contribution in [0.4, 0.5) is 5.82 Å². The number of aromatic nitrogens is 5. The van der Waals surface area contributed by atoms with Crippen molar-refractivity contribution in [3.8, 4) is 11.3 Å². The number of aryl methyl sites for hydroxylation is 1.